The van der Waals surface area contributed by atoms with Crippen LogP contribution in [-0.4, -0.2) is 36.9 Å². The molecule has 0 saturated carbocycles. The van der Waals surface area contributed by atoms with Gasteiger partial charge < -0.3 is 5.11 Å². The minimum atomic E-state index is -3.55. The number of nitrogens with zero attached hydrogens (tertiary/aromatic N) is 1. The lowest BCUT2D eigenvalue weighted by Crippen LogP contribution is -2.29. The van der Waals surface area contributed by atoms with E-state index in [4.69, 9.17) is 5.11 Å². The van der Waals surface area contributed by atoms with E-state index in [1.165, 1.54) is 10.4 Å². The Hall–Kier alpha value is -1.40. The summed E-state index contributed by atoms with van der Waals surface area (Å²) in [5, 5.41) is 9.16. The Kier molecular flexibility index (Phi) is 3.30. The second kappa shape index (κ2) is 4.86. The molecule has 20 heavy (non-hydrogen) atoms. The van der Waals surface area contributed by atoms with Crippen molar-refractivity contribution in [3.05, 3.63) is 28.8 Å². The third kappa shape index (κ3) is 2.13. The van der Waals surface area contributed by atoms with Gasteiger partial charge in [-0.3, -0.25) is 0 Å². The van der Waals surface area contributed by atoms with Gasteiger partial charge in [-0.15, -0.1) is 0 Å². The van der Waals surface area contributed by atoms with E-state index in [9.17, 15) is 13.2 Å². The molecule has 1 aromatic rings. The molecule has 108 valence electrons. The first-order chi connectivity index (χ1) is 9.50. The fourth-order valence-electron chi connectivity index (χ4n) is 3.09. The first kappa shape index (κ1) is 13.6. The molecule has 0 aromatic heterocycles. The Balaban J connectivity index is 2.15. The van der Waals surface area contributed by atoms with Crippen molar-refractivity contribution in [3.8, 4) is 0 Å². The van der Waals surface area contributed by atoms with Gasteiger partial charge in [0.05, 0.1) is 10.5 Å². The molecule has 0 unspecified atom stereocenters. The zero-order valence-corrected chi connectivity index (χ0v) is 11.9. The Bertz CT molecular complexity index is 660. The Morgan fingerprint density at radius 3 is 2.45 bits per heavy atom. The topological polar surface area (TPSA) is 74.7 Å². The van der Waals surface area contributed by atoms with Gasteiger partial charge in [0.1, 0.15) is 0 Å². The van der Waals surface area contributed by atoms with E-state index in [1.807, 2.05) is 0 Å². The summed E-state index contributed by atoms with van der Waals surface area (Å²) >= 11 is 0. The molecule has 5 nitrogen and oxygen atoms in total. The van der Waals surface area contributed by atoms with Crippen LogP contribution in [0.5, 0.6) is 0 Å². The highest BCUT2D eigenvalue weighted by atomic mass is 32.2. The highest BCUT2D eigenvalue weighted by molar-refractivity contribution is 7.89. The molecule has 1 aliphatic carbocycles. The molecule has 1 aliphatic heterocycles. The van der Waals surface area contributed by atoms with Crippen LogP contribution >= 0.6 is 0 Å². The van der Waals surface area contributed by atoms with Crippen molar-refractivity contribution in [2.24, 2.45) is 0 Å². The summed E-state index contributed by atoms with van der Waals surface area (Å²) in [4.78, 5) is 11.4. The van der Waals surface area contributed by atoms with Gasteiger partial charge in [0.25, 0.3) is 0 Å². The van der Waals surface area contributed by atoms with Crippen LogP contribution in [-0.2, 0) is 22.9 Å². The molecular weight excluding hydrogens is 278 g/mol. The number of hydrogen-bond donors (Lipinski definition) is 1. The van der Waals surface area contributed by atoms with Gasteiger partial charge in [-0.05, 0) is 55.4 Å². The maximum atomic E-state index is 12.7. The second-order valence-electron chi connectivity index (χ2n) is 5.38. The monoisotopic (exact) mass is 295 g/mol. The summed E-state index contributed by atoms with van der Waals surface area (Å²) in [7, 11) is -3.55. The van der Waals surface area contributed by atoms with E-state index in [1.54, 1.807) is 6.07 Å². The van der Waals surface area contributed by atoms with Crippen molar-refractivity contribution in [2.75, 3.05) is 13.1 Å². The standard InChI is InChI=1S/C14H17NO4S/c16-14(17)11-8-10-4-3-5-12(10)13(9-11)20(18,19)15-6-1-2-7-15/h8-9H,1-7H2,(H,16,17). The van der Waals surface area contributed by atoms with Gasteiger partial charge in [-0.1, -0.05) is 0 Å². The van der Waals surface area contributed by atoms with Crippen molar-refractivity contribution in [1.82, 2.24) is 4.31 Å². The zero-order chi connectivity index (χ0) is 14.3. The van der Waals surface area contributed by atoms with Crippen molar-refractivity contribution in [3.63, 3.8) is 0 Å². The van der Waals surface area contributed by atoms with Crippen molar-refractivity contribution < 1.29 is 18.3 Å². The van der Waals surface area contributed by atoms with Gasteiger partial charge in [0.15, 0.2) is 0 Å². The number of carboxylic acids is 1. The van der Waals surface area contributed by atoms with E-state index in [0.717, 1.165) is 43.2 Å². The summed E-state index contributed by atoms with van der Waals surface area (Å²) in [6.07, 6.45) is 4.12. The maximum Gasteiger partial charge on any atom is 0.335 e. The normalized spacial score (nSPS) is 19.2. The molecule has 3 rings (SSSR count). The summed E-state index contributed by atoms with van der Waals surface area (Å²) in [6, 6.07) is 2.95. The van der Waals surface area contributed by atoms with Gasteiger partial charge >= 0.3 is 5.97 Å². The number of benzene rings is 1. The van der Waals surface area contributed by atoms with Gasteiger partial charge in [0, 0.05) is 13.1 Å². The van der Waals surface area contributed by atoms with Gasteiger partial charge in [-0.25, -0.2) is 13.2 Å². The average molecular weight is 295 g/mol. The van der Waals surface area contributed by atoms with Crippen LogP contribution in [0.25, 0.3) is 0 Å². The highest BCUT2D eigenvalue weighted by Gasteiger charge is 2.32. The predicted octanol–water partition coefficient (Wildman–Crippen LogP) is 1.66. The molecule has 0 spiro atoms. The lowest BCUT2D eigenvalue weighted by Gasteiger charge is -2.18. The van der Waals surface area contributed by atoms with E-state index >= 15 is 0 Å². The number of carboxylic acid groups (broad SMARTS) is 1. The first-order valence-electron chi connectivity index (χ1n) is 6.89. The first-order valence-corrected chi connectivity index (χ1v) is 8.33. The number of aryl methyl sites for hydroxylation is 1. The molecule has 0 amide bonds. The number of sulfonamides is 1. The average Bonchev–Trinajstić information content (AvgIpc) is 3.08. The lowest BCUT2D eigenvalue weighted by atomic mass is 10.1. The molecule has 0 radical (unpaired) electrons. The summed E-state index contributed by atoms with van der Waals surface area (Å²) in [5.74, 6) is -1.07. The van der Waals surface area contributed by atoms with Gasteiger partial charge in [0.2, 0.25) is 10.0 Å². The highest BCUT2D eigenvalue weighted by Crippen LogP contribution is 2.32. The Labute approximate surface area is 118 Å². The third-order valence-electron chi connectivity index (χ3n) is 4.10. The quantitative estimate of drug-likeness (QED) is 0.920. The van der Waals surface area contributed by atoms with Crippen molar-refractivity contribution in [2.45, 2.75) is 37.0 Å². The van der Waals surface area contributed by atoms with Crippen LogP contribution in [0.15, 0.2) is 17.0 Å². The lowest BCUT2D eigenvalue weighted by molar-refractivity contribution is 0.0696. The zero-order valence-electron chi connectivity index (χ0n) is 11.1. The molecular formula is C14H17NO4S. The molecule has 0 bridgehead atoms. The summed E-state index contributed by atoms with van der Waals surface area (Å²) in [5.41, 5.74) is 1.77. The minimum absolute atomic E-state index is 0.0726. The fourth-order valence-corrected chi connectivity index (χ4v) is 4.92. The fraction of sp³-hybridized carbons (Fsp3) is 0.500. The SMILES string of the molecule is O=C(O)c1cc2c(c(S(=O)(=O)N3CCCC3)c1)CCC2. The number of carbonyl (C=O) groups is 1. The Morgan fingerprint density at radius 2 is 1.80 bits per heavy atom. The van der Waals surface area contributed by atoms with E-state index in [0.29, 0.717) is 13.1 Å². The van der Waals surface area contributed by atoms with Crippen LogP contribution in [0, 0.1) is 0 Å². The molecule has 1 fully saturated rings. The minimum Gasteiger partial charge on any atom is -0.478 e. The van der Waals surface area contributed by atoms with Crippen LogP contribution in [0.1, 0.15) is 40.7 Å². The third-order valence-corrected chi connectivity index (χ3v) is 6.07. The smallest absolute Gasteiger partial charge is 0.335 e. The number of rotatable bonds is 3. The van der Waals surface area contributed by atoms with E-state index in [2.05, 4.69) is 0 Å². The maximum absolute atomic E-state index is 12.7. The number of fused-ring (bicyclic) bond motifs is 1. The molecule has 1 aromatic carbocycles. The van der Waals surface area contributed by atoms with Crippen LogP contribution in [0.3, 0.4) is 0 Å². The van der Waals surface area contributed by atoms with Crippen LogP contribution in [0.2, 0.25) is 0 Å². The van der Waals surface area contributed by atoms with Crippen LogP contribution < -0.4 is 0 Å². The molecule has 2 aliphatic rings. The second-order valence-corrected chi connectivity index (χ2v) is 7.29. The van der Waals surface area contributed by atoms with Crippen LogP contribution in [0.4, 0.5) is 0 Å². The largest absolute Gasteiger partial charge is 0.478 e. The Morgan fingerprint density at radius 1 is 1.10 bits per heavy atom. The number of hydrogen-bond acceptors (Lipinski definition) is 3. The number of aromatic carboxylic acids is 1. The molecule has 0 atom stereocenters. The van der Waals surface area contributed by atoms with Crippen molar-refractivity contribution in [1.29, 1.82) is 0 Å². The van der Waals surface area contributed by atoms with E-state index < -0.39 is 16.0 Å². The van der Waals surface area contributed by atoms with Gasteiger partial charge in [-0.2, -0.15) is 4.31 Å². The summed E-state index contributed by atoms with van der Waals surface area (Å²) < 4.78 is 26.9. The molecule has 6 heteroatoms. The van der Waals surface area contributed by atoms with E-state index in [-0.39, 0.29) is 10.5 Å². The predicted molar refractivity (Wildman–Crippen MR) is 73.4 cm³/mol. The summed E-state index contributed by atoms with van der Waals surface area (Å²) in [6.45, 7) is 1.07. The molecule has 1 heterocycles. The van der Waals surface area contributed by atoms with Crippen molar-refractivity contribution >= 4 is 16.0 Å². The molecule has 1 saturated heterocycles. The molecule has 1 N–H and O–H groups in total.